The lowest BCUT2D eigenvalue weighted by molar-refractivity contribution is -0.270. The molecule has 41 nitrogen and oxygen atoms in total. The van der Waals surface area contributed by atoms with Gasteiger partial charge in [-0.2, -0.15) is 4.52 Å². The molecule has 0 spiro atoms. The fraction of sp³-hybridized carbons (Fsp3) is 0.852. The Labute approximate surface area is 765 Å². The zero-order valence-corrected chi connectivity index (χ0v) is 77.6. The van der Waals surface area contributed by atoms with E-state index in [1.807, 2.05) is 13.0 Å². The van der Waals surface area contributed by atoms with Crippen LogP contribution < -0.4 is 43.0 Å². The first kappa shape index (κ1) is 114. The predicted octanol–water partition coefficient (Wildman–Crippen LogP) is 1.10. The molecule has 1 saturated carbocycles. The molecule has 746 valence electrons. The van der Waals surface area contributed by atoms with Crippen LogP contribution in [0, 0.1) is 35.7 Å². The second kappa shape index (κ2) is 66.1. The van der Waals surface area contributed by atoms with Gasteiger partial charge in [0.2, 0.25) is 47.3 Å². The Balaban J connectivity index is 1.12. The van der Waals surface area contributed by atoms with Crippen molar-refractivity contribution in [3.8, 4) is 12.5 Å². The van der Waals surface area contributed by atoms with E-state index in [2.05, 4.69) is 41.7 Å². The molecule has 0 bridgehead atoms. The average molecular weight is 1880 g/mol. The first-order chi connectivity index (χ1) is 62.5. The van der Waals surface area contributed by atoms with Crippen molar-refractivity contribution in [2.75, 3.05) is 145 Å². The molecule has 0 radical (unpaired) electrons. The number of likely N-dealkylation sites (tertiary alicyclic amines) is 1. The van der Waals surface area contributed by atoms with E-state index in [1.165, 1.54) is 26.3 Å². The number of aliphatic hydroxyl groups excluding tert-OH is 9. The molecule has 4 aliphatic heterocycles. The van der Waals surface area contributed by atoms with E-state index < -0.39 is 149 Å². The van der Waals surface area contributed by atoms with Crippen LogP contribution in [-0.4, -0.2) is 346 Å². The van der Waals surface area contributed by atoms with Crippen LogP contribution in [0.5, 0.6) is 0 Å². The van der Waals surface area contributed by atoms with Crippen molar-refractivity contribution < 1.29 is 150 Å². The Morgan fingerprint density at radius 1 is 0.485 bits per heavy atom. The number of carbonyl (C=O) groups is 8. The number of rotatable bonds is 67. The summed E-state index contributed by atoms with van der Waals surface area (Å²) in [5.41, 5.74) is 7.66. The number of amides is 8. The minimum Gasteiger partial charge on any atom is -0.402 e. The van der Waals surface area contributed by atoms with Crippen molar-refractivity contribution in [3.05, 3.63) is 11.3 Å². The summed E-state index contributed by atoms with van der Waals surface area (Å²) >= 11 is 0. The molecular weight excluding hydrogens is 1720 g/mol. The Morgan fingerprint density at radius 3 is 1.29 bits per heavy atom. The standard InChI is InChI=1S/C88H153N10O31P/c1-6-125-130(116)126-46-24-26-63-25-23-27-66(65(30-29-63)59(2)89)67(90)28-15-7-11-19-42-117-51-52-118-50-36-74(108)98-40-31-64(32-41-98)84(115)97-88(56-119-47-33-71(105)91-37-16-8-12-20-43-122-85-75(94-60(3)102)81(112)78(109)68(53-99)127-85,57-120-48-34-72(106)92-38-17-9-13-21-44-123-86-76(95-61(4)103)82(113)79(110)69(54-100)128-86)58-121-49-35-73(107)93-39-18-10-14-22-45-124-87-77(96-62(5)104)83(114)80(111)70(55-101)129-87/h1,63-64,66,68-70,75-83,85-87,90,99-101,109-114H,7-58,89H2,2-5H3,(H6-,91,92,93,94,95,96,97,102,103,104,105,106,107,115)/p+1/b65-59-,90-67?. The van der Waals surface area contributed by atoms with Crippen LogP contribution in [0.15, 0.2) is 11.3 Å². The molecule has 0 aromatic rings. The molecule has 19 N–H and O–H groups in total. The van der Waals surface area contributed by atoms with Crippen molar-refractivity contribution in [3.63, 3.8) is 0 Å². The van der Waals surface area contributed by atoms with Gasteiger partial charge in [-0.3, -0.25) is 38.4 Å². The molecule has 130 heavy (non-hydrogen) atoms. The number of piperidine rings is 1. The highest BCUT2D eigenvalue weighted by atomic mass is 31.1. The van der Waals surface area contributed by atoms with Crippen molar-refractivity contribution >= 4 is 61.2 Å². The molecule has 4 saturated heterocycles. The van der Waals surface area contributed by atoms with Crippen LogP contribution in [0.4, 0.5) is 0 Å². The number of carbonyl (C=O) groups excluding carboxylic acids is 8. The molecule has 1 aliphatic carbocycles. The SMILES string of the molecule is C#CO[P+](=O)OCCCC1CCCC(C(=N)CCCCCCOCCOCCC(=O)N2CCC(C(=O)NC(COCCC(=O)NCCCCCCOC3OC(CO)C(O)C(O)C3NC(C)=O)(COCCC(=O)NCCCCCCOC3OC(CO)C(O)C(O)C3NC(C)=O)COCCC(=O)NCCCCCCOC3OC(CO)C(O)C(O)C3NC(C)=O)CC2)/C(=C(/C)N)CC1. The first-order valence-electron chi connectivity index (χ1n) is 46.6. The normalized spacial score (nSPS) is 25.9. The quantitative estimate of drug-likeness (QED) is 0.0175. The highest BCUT2D eigenvalue weighted by Gasteiger charge is 2.49. The van der Waals surface area contributed by atoms with Gasteiger partial charge < -0.3 is 151 Å². The van der Waals surface area contributed by atoms with Gasteiger partial charge in [0, 0.05) is 127 Å². The van der Waals surface area contributed by atoms with Gasteiger partial charge in [0.05, 0.1) is 85.7 Å². The van der Waals surface area contributed by atoms with Gasteiger partial charge in [-0.1, -0.05) is 70.6 Å². The number of nitrogens with two attached hydrogens (primary N) is 1. The van der Waals surface area contributed by atoms with E-state index in [-0.39, 0.29) is 140 Å². The molecule has 42 heteroatoms. The smallest absolute Gasteiger partial charge is 0.402 e. The van der Waals surface area contributed by atoms with Gasteiger partial charge in [0.15, 0.2) is 25.0 Å². The number of nitrogens with zero attached hydrogens (tertiary/aromatic N) is 1. The molecule has 8 amide bonds. The Kier molecular flexibility index (Phi) is 58.0. The summed E-state index contributed by atoms with van der Waals surface area (Å²) in [5.74, 6) is -2.92. The summed E-state index contributed by atoms with van der Waals surface area (Å²) in [7, 11) is -2.30. The number of hydrogen-bond donors (Lipinski definition) is 18. The molecule has 0 aromatic heterocycles. The topological polar surface area (TPSA) is 593 Å². The number of terminal acetylenes is 1. The lowest BCUT2D eigenvalue weighted by Gasteiger charge is -2.42. The molecule has 4 heterocycles. The molecule has 0 aromatic carbocycles. The fourth-order valence-corrected chi connectivity index (χ4v) is 16.7. The van der Waals surface area contributed by atoms with Gasteiger partial charge in [0.1, 0.15) is 85.2 Å². The second-order valence-electron chi connectivity index (χ2n) is 34.2. The van der Waals surface area contributed by atoms with E-state index in [1.54, 1.807) is 4.90 Å². The van der Waals surface area contributed by atoms with Crippen LogP contribution >= 0.6 is 8.25 Å². The van der Waals surface area contributed by atoms with Crippen LogP contribution in [0.3, 0.4) is 0 Å². The molecule has 5 aliphatic rings. The maximum Gasteiger partial charge on any atom is 0.759 e. The minimum absolute atomic E-state index is 0.0571. The van der Waals surface area contributed by atoms with Crippen LogP contribution in [0.2, 0.25) is 0 Å². The first-order valence-corrected chi connectivity index (χ1v) is 47.7. The maximum atomic E-state index is 14.7. The number of allylic oxidation sites excluding steroid dienone is 2. The predicted molar refractivity (Wildman–Crippen MR) is 472 cm³/mol. The van der Waals surface area contributed by atoms with Gasteiger partial charge in [-0.15, -0.1) is 4.52 Å². The molecule has 5 rings (SSSR count). The molecule has 18 atom stereocenters. The monoisotopic (exact) mass is 1880 g/mol. The zero-order chi connectivity index (χ0) is 95.0. The minimum atomic E-state index is -2.30. The van der Waals surface area contributed by atoms with Crippen molar-refractivity contribution in [1.29, 1.82) is 5.41 Å². The number of nitrogens with one attached hydrogen (secondary N) is 8. The maximum absolute atomic E-state index is 14.7. The third kappa shape index (κ3) is 44.4. The summed E-state index contributed by atoms with van der Waals surface area (Å²) in [5, 5.41) is 120. The molecule has 18 unspecified atom stereocenters. The van der Waals surface area contributed by atoms with Gasteiger partial charge >= 0.3 is 8.25 Å². The van der Waals surface area contributed by atoms with Crippen LogP contribution in [-0.2, 0) is 104 Å². The van der Waals surface area contributed by atoms with Crippen LogP contribution in [0.1, 0.15) is 220 Å². The summed E-state index contributed by atoms with van der Waals surface area (Å²) in [6.45, 7) is 6.67. The number of hydrogen-bond acceptors (Lipinski definition) is 33. The summed E-state index contributed by atoms with van der Waals surface area (Å²) < 4.78 is 86.0. The summed E-state index contributed by atoms with van der Waals surface area (Å²) in [4.78, 5) is 105. The molecular formula is C88H154N10O31P+. The van der Waals surface area contributed by atoms with Gasteiger partial charge in [-0.25, -0.2) is 0 Å². The number of unbranched alkanes of at least 4 members (excludes halogenated alkanes) is 12. The Hall–Kier alpha value is -6.41. The van der Waals surface area contributed by atoms with Crippen molar-refractivity contribution in [2.24, 2.45) is 23.5 Å². The van der Waals surface area contributed by atoms with Crippen molar-refractivity contribution in [2.45, 2.75) is 318 Å². The van der Waals surface area contributed by atoms with E-state index >= 15 is 0 Å². The molecule has 5 fully saturated rings. The van der Waals surface area contributed by atoms with E-state index in [0.29, 0.717) is 148 Å². The highest BCUT2D eigenvalue weighted by Crippen LogP contribution is 2.36. The second-order valence-corrected chi connectivity index (χ2v) is 35.1. The fourth-order valence-electron chi connectivity index (χ4n) is 16.3. The van der Waals surface area contributed by atoms with Gasteiger partial charge in [0.25, 0.3) is 0 Å². The summed E-state index contributed by atoms with van der Waals surface area (Å²) in [6.07, 6.45) is 10.5. The van der Waals surface area contributed by atoms with Crippen molar-refractivity contribution in [1.82, 2.24) is 42.1 Å². The highest BCUT2D eigenvalue weighted by molar-refractivity contribution is 7.33. The van der Waals surface area contributed by atoms with E-state index in [4.69, 9.17) is 74.2 Å². The third-order valence-corrected chi connectivity index (χ3v) is 24.3. The summed E-state index contributed by atoms with van der Waals surface area (Å²) in [6, 6.07) is -3.21. The number of aliphatic hydroxyl groups is 9. The van der Waals surface area contributed by atoms with E-state index in [0.717, 1.165) is 82.0 Å². The van der Waals surface area contributed by atoms with Gasteiger partial charge in [-0.05, 0) is 121 Å². The number of ether oxygens (including phenoxy) is 11. The van der Waals surface area contributed by atoms with Crippen LogP contribution in [0.25, 0.3) is 0 Å². The lowest BCUT2D eigenvalue weighted by Crippen LogP contribution is -2.64. The largest absolute Gasteiger partial charge is 0.759 e. The van der Waals surface area contributed by atoms with E-state index in [9.17, 15) is 88.9 Å². The average Bonchev–Trinajstić information content (AvgIpc) is 0.813. The third-order valence-electron chi connectivity index (χ3n) is 23.6. The Morgan fingerprint density at radius 2 is 0.885 bits per heavy atom. The lowest BCUT2D eigenvalue weighted by atomic mass is 9.77. The zero-order valence-electron chi connectivity index (χ0n) is 76.7. The Bertz CT molecular complexity index is 3160.